The van der Waals surface area contributed by atoms with Crippen LogP contribution in [0.3, 0.4) is 0 Å². The highest BCUT2D eigenvalue weighted by Crippen LogP contribution is 2.44. The number of benzene rings is 1. The Morgan fingerprint density at radius 2 is 1.67 bits per heavy atom. The van der Waals surface area contributed by atoms with Gasteiger partial charge in [0.25, 0.3) is 0 Å². The van der Waals surface area contributed by atoms with Gasteiger partial charge in [0.05, 0.1) is 0 Å². The van der Waals surface area contributed by atoms with Crippen LogP contribution in [0.25, 0.3) is 0 Å². The summed E-state index contributed by atoms with van der Waals surface area (Å²) >= 11 is 0. The van der Waals surface area contributed by atoms with E-state index in [1.807, 2.05) is 30.3 Å². The largest absolute Gasteiger partial charge is 0.406 e. The molecule has 0 saturated heterocycles. The van der Waals surface area contributed by atoms with Crippen molar-refractivity contribution in [2.24, 2.45) is 0 Å². The van der Waals surface area contributed by atoms with E-state index in [-0.39, 0.29) is 18.9 Å². The van der Waals surface area contributed by atoms with E-state index in [1.54, 1.807) is 6.92 Å². The Morgan fingerprint density at radius 1 is 1.11 bits per heavy atom. The maximum Gasteiger partial charge on any atom is 0.406 e. The molecule has 0 unspecified atom stereocenters. The summed E-state index contributed by atoms with van der Waals surface area (Å²) in [6.07, 6.45) is -2.50. The molecule has 0 aromatic heterocycles. The Hall–Kier alpha value is -1.03. The van der Waals surface area contributed by atoms with Crippen molar-refractivity contribution in [3.8, 4) is 0 Å². The first-order valence-electron chi connectivity index (χ1n) is 6.34. The van der Waals surface area contributed by atoms with Gasteiger partial charge in [-0.25, -0.2) is 0 Å². The molecule has 1 aromatic rings. The second-order valence-corrected chi connectivity index (χ2v) is 5.06. The van der Waals surface area contributed by atoms with E-state index in [9.17, 15) is 13.2 Å². The second kappa shape index (κ2) is 4.92. The van der Waals surface area contributed by atoms with Crippen LogP contribution in [0.4, 0.5) is 13.2 Å². The van der Waals surface area contributed by atoms with Crippen molar-refractivity contribution in [3.05, 3.63) is 35.9 Å². The minimum Gasteiger partial charge on any atom is -0.297 e. The topological polar surface area (TPSA) is 12.0 Å². The Morgan fingerprint density at radius 3 is 2.17 bits per heavy atom. The summed E-state index contributed by atoms with van der Waals surface area (Å²) in [5.41, 5.74) is -0.796. The lowest BCUT2D eigenvalue weighted by molar-refractivity contribution is -0.197. The fourth-order valence-electron chi connectivity index (χ4n) is 2.73. The van der Waals surface area contributed by atoms with Crippen LogP contribution in [0.1, 0.15) is 44.2 Å². The molecule has 0 amide bonds. The molecule has 2 rings (SSSR count). The molecule has 0 heterocycles. The van der Waals surface area contributed by atoms with Crippen LogP contribution in [-0.4, -0.2) is 11.7 Å². The molecule has 1 saturated carbocycles. The highest BCUT2D eigenvalue weighted by atomic mass is 19.4. The van der Waals surface area contributed by atoms with Gasteiger partial charge in [0.2, 0.25) is 0 Å². The predicted molar refractivity (Wildman–Crippen MR) is 65.2 cm³/mol. The average molecular weight is 257 g/mol. The van der Waals surface area contributed by atoms with Crippen molar-refractivity contribution >= 4 is 0 Å². The summed E-state index contributed by atoms with van der Waals surface area (Å²) in [5, 5.41) is 2.82. The van der Waals surface area contributed by atoms with E-state index in [2.05, 4.69) is 5.32 Å². The van der Waals surface area contributed by atoms with Gasteiger partial charge in [-0.05, 0) is 25.3 Å². The van der Waals surface area contributed by atoms with Crippen LogP contribution in [0.2, 0.25) is 0 Å². The zero-order valence-corrected chi connectivity index (χ0v) is 10.4. The SMILES string of the molecule is C[C@H](NC1(C(F)(F)F)CCCC1)c1ccccc1. The first-order valence-corrected chi connectivity index (χ1v) is 6.34. The monoisotopic (exact) mass is 257 g/mol. The Labute approximate surface area is 105 Å². The zero-order valence-electron chi connectivity index (χ0n) is 10.4. The van der Waals surface area contributed by atoms with Gasteiger partial charge in [-0.15, -0.1) is 0 Å². The third-order valence-electron chi connectivity index (χ3n) is 3.79. The van der Waals surface area contributed by atoms with Crippen LogP contribution in [0.15, 0.2) is 30.3 Å². The molecule has 1 N–H and O–H groups in total. The van der Waals surface area contributed by atoms with Crippen LogP contribution < -0.4 is 5.32 Å². The zero-order chi connectivity index (χ0) is 13.2. The van der Waals surface area contributed by atoms with E-state index in [1.165, 1.54) is 0 Å². The third-order valence-corrected chi connectivity index (χ3v) is 3.79. The van der Waals surface area contributed by atoms with E-state index < -0.39 is 11.7 Å². The van der Waals surface area contributed by atoms with Crippen molar-refractivity contribution in [1.82, 2.24) is 5.32 Å². The van der Waals surface area contributed by atoms with Gasteiger partial charge in [0, 0.05) is 6.04 Å². The van der Waals surface area contributed by atoms with Gasteiger partial charge in [0.1, 0.15) is 5.54 Å². The average Bonchev–Trinajstić information content (AvgIpc) is 2.79. The first kappa shape index (κ1) is 13.4. The van der Waals surface area contributed by atoms with Crippen LogP contribution in [0, 0.1) is 0 Å². The normalized spacial score (nSPS) is 20.9. The second-order valence-electron chi connectivity index (χ2n) is 5.06. The van der Waals surface area contributed by atoms with Crippen molar-refractivity contribution in [1.29, 1.82) is 0 Å². The molecular formula is C14H18F3N. The fourth-order valence-corrected chi connectivity index (χ4v) is 2.73. The molecule has 1 aliphatic carbocycles. The lowest BCUT2D eigenvalue weighted by atomic mass is 9.94. The van der Waals surface area contributed by atoms with Gasteiger partial charge in [-0.3, -0.25) is 5.32 Å². The molecule has 0 bridgehead atoms. The summed E-state index contributed by atoms with van der Waals surface area (Å²) in [4.78, 5) is 0. The summed E-state index contributed by atoms with van der Waals surface area (Å²) in [7, 11) is 0. The molecule has 1 fully saturated rings. The predicted octanol–water partition coefficient (Wildman–Crippen LogP) is 4.21. The van der Waals surface area contributed by atoms with Gasteiger partial charge < -0.3 is 0 Å². The lowest BCUT2D eigenvalue weighted by Gasteiger charge is -2.35. The smallest absolute Gasteiger partial charge is 0.297 e. The van der Waals surface area contributed by atoms with Crippen molar-refractivity contribution in [2.45, 2.75) is 50.4 Å². The van der Waals surface area contributed by atoms with E-state index >= 15 is 0 Å². The molecule has 1 nitrogen and oxygen atoms in total. The van der Waals surface area contributed by atoms with Crippen molar-refractivity contribution in [2.75, 3.05) is 0 Å². The molecule has 100 valence electrons. The van der Waals surface area contributed by atoms with Crippen molar-refractivity contribution in [3.63, 3.8) is 0 Å². The molecule has 1 atom stereocenters. The minimum absolute atomic E-state index is 0.188. The third kappa shape index (κ3) is 2.53. The highest BCUT2D eigenvalue weighted by molar-refractivity contribution is 5.19. The molecule has 1 aliphatic rings. The number of alkyl halides is 3. The van der Waals surface area contributed by atoms with E-state index in [0.717, 1.165) is 5.56 Å². The fraction of sp³-hybridized carbons (Fsp3) is 0.571. The Balaban J connectivity index is 2.16. The number of nitrogens with one attached hydrogen (secondary N) is 1. The number of halogens is 3. The summed E-state index contributed by atoms with van der Waals surface area (Å²) in [6.45, 7) is 1.79. The highest BCUT2D eigenvalue weighted by Gasteiger charge is 2.56. The molecule has 0 radical (unpaired) electrons. The first-order chi connectivity index (χ1) is 8.45. The molecule has 0 aliphatic heterocycles. The summed E-state index contributed by atoms with van der Waals surface area (Å²) in [5.74, 6) is 0. The van der Waals surface area contributed by atoms with Gasteiger partial charge in [-0.2, -0.15) is 13.2 Å². The summed E-state index contributed by atoms with van der Waals surface area (Å²) in [6, 6.07) is 9.00. The van der Waals surface area contributed by atoms with Gasteiger partial charge in [0.15, 0.2) is 0 Å². The number of hydrogen-bond acceptors (Lipinski definition) is 1. The quantitative estimate of drug-likeness (QED) is 0.855. The number of rotatable bonds is 3. The van der Waals surface area contributed by atoms with E-state index in [0.29, 0.717) is 12.8 Å². The number of hydrogen-bond donors (Lipinski definition) is 1. The maximum atomic E-state index is 13.2. The van der Waals surface area contributed by atoms with Crippen LogP contribution in [-0.2, 0) is 0 Å². The molecule has 4 heteroatoms. The molecule has 18 heavy (non-hydrogen) atoms. The Bertz CT molecular complexity index is 380. The van der Waals surface area contributed by atoms with Gasteiger partial charge >= 0.3 is 6.18 Å². The van der Waals surface area contributed by atoms with Gasteiger partial charge in [-0.1, -0.05) is 43.2 Å². The van der Waals surface area contributed by atoms with Crippen LogP contribution in [0.5, 0.6) is 0 Å². The molecule has 0 spiro atoms. The minimum atomic E-state index is -4.17. The Kier molecular flexibility index (Phi) is 3.66. The molecular weight excluding hydrogens is 239 g/mol. The molecule has 1 aromatic carbocycles. The maximum absolute atomic E-state index is 13.2. The lowest BCUT2D eigenvalue weighted by Crippen LogP contribution is -2.55. The standard InChI is InChI=1S/C14H18F3N/c1-11(12-7-3-2-4-8-12)18-13(14(15,16)17)9-5-6-10-13/h2-4,7-8,11,18H,5-6,9-10H2,1H3/t11-/m0/s1. The van der Waals surface area contributed by atoms with Crippen molar-refractivity contribution < 1.29 is 13.2 Å². The van der Waals surface area contributed by atoms with E-state index in [4.69, 9.17) is 0 Å². The van der Waals surface area contributed by atoms with Crippen LogP contribution >= 0.6 is 0 Å². The summed E-state index contributed by atoms with van der Waals surface area (Å²) < 4.78 is 39.7.